The van der Waals surface area contributed by atoms with Crippen molar-refractivity contribution in [3.8, 4) is 17.2 Å². The Morgan fingerprint density at radius 3 is 2.47 bits per heavy atom. The number of phenolic OH excluding ortho intramolecular Hbond substituents is 1. The minimum Gasteiger partial charge on any atom is -0.508 e. The zero-order chi connectivity index (χ0) is 13.8. The Bertz CT molecular complexity index is 556. The van der Waals surface area contributed by atoms with Gasteiger partial charge in [0.2, 0.25) is 0 Å². The van der Waals surface area contributed by atoms with E-state index in [0.717, 1.165) is 22.4 Å². The van der Waals surface area contributed by atoms with Crippen LogP contribution in [0.2, 0.25) is 0 Å². The summed E-state index contributed by atoms with van der Waals surface area (Å²) in [7, 11) is 1.65. The van der Waals surface area contributed by atoms with Crippen LogP contribution in [0, 0.1) is 13.8 Å². The summed E-state index contributed by atoms with van der Waals surface area (Å²) in [5, 5.41) is 9.53. The summed E-state index contributed by atoms with van der Waals surface area (Å²) in [5.41, 5.74) is 3.11. The number of phenols is 1. The van der Waals surface area contributed by atoms with Gasteiger partial charge < -0.3 is 14.6 Å². The molecule has 0 fully saturated rings. The molecule has 0 unspecified atom stereocenters. The van der Waals surface area contributed by atoms with E-state index in [4.69, 9.17) is 9.47 Å². The molecule has 0 heterocycles. The first-order chi connectivity index (χ1) is 9.08. The summed E-state index contributed by atoms with van der Waals surface area (Å²) in [6.07, 6.45) is 0. The van der Waals surface area contributed by atoms with Gasteiger partial charge in [0.15, 0.2) is 0 Å². The minimum atomic E-state index is 0.214. The molecule has 0 aliphatic carbocycles. The number of methoxy groups -OCH3 is 1. The monoisotopic (exact) mass is 258 g/mol. The first kappa shape index (κ1) is 13.3. The zero-order valence-electron chi connectivity index (χ0n) is 11.4. The number of ether oxygens (including phenoxy) is 2. The largest absolute Gasteiger partial charge is 0.508 e. The molecule has 0 bridgehead atoms. The van der Waals surface area contributed by atoms with E-state index in [1.807, 2.05) is 38.1 Å². The van der Waals surface area contributed by atoms with Crippen molar-refractivity contribution in [1.82, 2.24) is 0 Å². The van der Waals surface area contributed by atoms with E-state index >= 15 is 0 Å². The lowest BCUT2D eigenvalue weighted by molar-refractivity contribution is 0.295. The van der Waals surface area contributed by atoms with Gasteiger partial charge in [-0.15, -0.1) is 0 Å². The van der Waals surface area contributed by atoms with Gasteiger partial charge in [-0.2, -0.15) is 0 Å². The van der Waals surface area contributed by atoms with Gasteiger partial charge in [0.1, 0.15) is 23.9 Å². The van der Waals surface area contributed by atoms with Gasteiger partial charge in [-0.1, -0.05) is 11.6 Å². The fourth-order valence-corrected chi connectivity index (χ4v) is 1.99. The van der Waals surface area contributed by atoms with Crippen molar-refractivity contribution < 1.29 is 14.6 Å². The van der Waals surface area contributed by atoms with E-state index in [1.54, 1.807) is 19.2 Å². The normalized spacial score (nSPS) is 10.3. The van der Waals surface area contributed by atoms with Crippen molar-refractivity contribution in [2.24, 2.45) is 0 Å². The molecule has 0 aromatic heterocycles. The Hall–Kier alpha value is -2.16. The Kier molecular flexibility index (Phi) is 3.95. The maximum absolute atomic E-state index is 9.53. The third kappa shape index (κ3) is 3.41. The van der Waals surface area contributed by atoms with Crippen LogP contribution in [0.1, 0.15) is 16.7 Å². The number of aromatic hydroxyl groups is 1. The topological polar surface area (TPSA) is 38.7 Å². The van der Waals surface area contributed by atoms with Gasteiger partial charge in [-0.3, -0.25) is 0 Å². The van der Waals surface area contributed by atoms with Gasteiger partial charge >= 0.3 is 0 Å². The molecule has 100 valence electrons. The summed E-state index contributed by atoms with van der Waals surface area (Å²) >= 11 is 0. The number of benzene rings is 2. The predicted molar refractivity (Wildman–Crippen MR) is 74.9 cm³/mol. The summed E-state index contributed by atoms with van der Waals surface area (Å²) in [4.78, 5) is 0. The van der Waals surface area contributed by atoms with Crippen LogP contribution in [0.5, 0.6) is 17.2 Å². The average Bonchev–Trinajstić information content (AvgIpc) is 2.35. The van der Waals surface area contributed by atoms with Crippen LogP contribution in [0.25, 0.3) is 0 Å². The second-order valence-electron chi connectivity index (χ2n) is 4.61. The number of hydrogen-bond donors (Lipinski definition) is 1. The van der Waals surface area contributed by atoms with Crippen molar-refractivity contribution in [1.29, 1.82) is 0 Å². The molecule has 3 nitrogen and oxygen atoms in total. The highest BCUT2D eigenvalue weighted by molar-refractivity contribution is 5.39. The highest BCUT2D eigenvalue weighted by Crippen LogP contribution is 2.25. The van der Waals surface area contributed by atoms with Gasteiger partial charge in [0, 0.05) is 11.6 Å². The molecule has 2 aromatic carbocycles. The molecule has 3 heteroatoms. The quantitative estimate of drug-likeness (QED) is 0.910. The van der Waals surface area contributed by atoms with Crippen molar-refractivity contribution in [3.63, 3.8) is 0 Å². The fraction of sp³-hybridized carbons (Fsp3) is 0.250. The van der Waals surface area contributed by atoms with E-state index in [1.165, 1.54) is 0 Å². The molecular formula is C16H18O3. The van der Waals surface area contributed by atoms with Crippen molar-refractivity contribution in [3.05, 3.63) is 53.1 Å². The molecule has 1 N–H and O–H groups in total. The van der Waals surface area contributed by atoms with Crippen LogP contribution in [-0.2, 0) is 6.61 Å². The molecule has 0 aliphatic rings. The van der Waals surface area contributed by atoms with E-state index in [2.05, 4.69) is 0 Å². The third-order valence-electron chi connectivity index (χ3n) is 2.87. The Labute approximate surface area is 113 Å². The summed E-state index contributed by atoms with van der Waals surface area (Å²) in [6.45, 7) is 4.36. The molecule has 0 spiro atoms. The summed E-state index contributed by atoms with van der Waals surface area (Å²) in [5.74, 6) is 1.68. The van der Waals surface area contributed by atoms with E-state index in [-0.39, 0.29) is 5.75 Å². The van der Waals surface area contributed by atoms with Crippen LogP contribution in [0.3, 0.4) is 0 Å². The second-order valence-corrected chi connectivity index (χ2v) is 4.61. The molecular weight excluding hydrogens is 240 g/mol. The van der Waals surface area contributed by atoms with Gasteiger partial charge in [-0.25, -0.2) is 0 Å². The smallest absolute Gasteiger partial charge is 0.125 e. The van der Waals surface area contributed by atoms with Crippen molar-refractivity contribution in [2.45, 2.75) is 20.5 Å². The summed E-state index contributed by atoms with van der Waals surface area (Å²) < 4.78 is 11.0. The zero-order valence-corrected chi connectivity index (χ0v) is 11.4. The number of aryl methyl sites for hydroxylation is 2. The SMILES string of the molecule is COc1ccc(C)cc1COc1cc(C)cc(O)c1. The van der Waals surface area contributed by atoms with Crippen molar-refractivity contribution >= 4 is 0 Å². The lowest BCUT2D eigenvalue weighted by Gasteiger charge is -2.11. The van der Waals surface area contributed by atoms with Gasteiger partial charge in [0.25, 0.3) is 0 Å². The molecule has 0 aliphatic heterocycles. The fourth-order valence-electron chi connectivity index (χ4n) is 1.99. The molecule has 19 heavy (non-hydrogen) atoms. The maximum atomic E-state index is 9.53. The molecule has 2 aromatic rings. The van der Waals surface area contributed by atoms with Crippen LogP contribution < -0.4 is 9.47 Å². The maximum Gasteiger partial charge on any atom is 0.125 e. The highest BCUT2D eigenvalue weighted by atomic mass is 16.5. The molecule has 0 saturated heterocycles. The van der Waals surface area contributed by atoms with Crippen molar-refractivity contribution in [2.75, 3.05) is 7.11 Å². The lowest BCUT2D eigenvalue weighted by Crippen LogP contribution is -1.99. The average molecular weight is 258 g/mol. The van der Waals surface area contributed by atoms with E-state index in [0.29, 0.717) is 12.4 Å². The van der Waals surface area contributed by atoms with Crippen LogP contribution in [0.4, 0.5) is 0 Å². The van der Waals surface area contributed by atoms with E-state index in [9.17, 15) is 5.11 Å². The number of rotatable bonds is 4. The van der Waals surface area contributed by atoms with Crippen LogP contribution in [-0.4, -0.2) is 12.2 Å². The van der Waals surface area contributed by atoms with Crippen LogP contribution in [0.15, 0.2) is 36.4 Å². The third-order valence-corrected chi connectivity index (χ3v) is 2.87. The second kappa shape index (κ2) is 5.65. The standard InChI is InChI=1S/C16H18O3/c1-11-4-5-16(18-3)13(6-11)10-19-15-8-12(2)7-14(17)9-15/h4-9,17H,10H2,1-3H3. The first-order valence-corrected chi connectivity index (χ1v) is 6.15. The highest BCUT2D eigenvalue weighted by Gasteiger charge is 2.05. The Morgan fingerprint density at radius 2 is 1.79 bits per heavy atom. The first-order valence-electron chi connectivity index (χ1n) is 6.15. The molecule has 0 radical (unpaired) electrons. The van der Waals surface area contributed by atoms with Gasteiger partial charge in [0.05, 0.1) is 7.11 Å². The number of hydrogen-bond acceptors (Lipinski definition) is 3. The Balaban J connectivity index is 2.16. The van der Waals surface area contributed by atoms with Gasteiger partial charge in [-0.05, 0) is 43.7 Å². The molecule has 0 saturated carbocycles. The predicted octanol–water partition coefficient (Wildman–Crippen LogP) is 3.60. The van der Waals surface area contributed by atoms with E-state index < -0.39 is 0 Å². The molecule has 0 amide bonds. The molecule has 2 rings (SSSR count). The minimum absolute atomic E-state index is 0.214. The Morgan fingerprint density at radius 1 is 1.00 bits per heavy atom. The van der Waals surface area contributed by atoms with Crippen LogP contribution >= 0.6 is 0 Å². The lowest BCUT2D eigenvalue weighted by atomic mass is 10.1. The molecule has 0 atom stereocenters. The summed E-state index contributed by atoms with van der Waals surface area (Å²) in [6, 6.07) is 11.2.